The second-order valence-electron chi connectivity index (χ2n) is 5.45. The molecule has 4 nitrogen and oxygen atoms in total. The number of aromatic nitrogens is 2. The van der Waals surface area contributed by atoms with Gasteiger partial charge in [-0.2, -0.15) is 11.8 Å². The van der Waals surface area contributed by atoms with Crippen molar-refractivity contribution in [2.24, 2.45) is 0 Å². The highest BCUT2D eigenvalue weighted by Crippen LogP contribution is 2.25. The summed E-state index contributed by atoms with van der Waals surface area (Å²) >= 11 is 7.93. The predicted molar refractivity (Wildman–Crippen MR) is 88.3 cm³/mol. The molecule has 0 N–H and O–H groups in total. The Hall–Kier alpha value is -1.04. The Morgan fingerprint density at radius 3 is 3.05 bits per heavy atom. The van der Waals surface area contributed by atoms with Crippen molar-refractivity contribution in [1.82, 2.24) is 14.3 Å². The first-order chi connectivity index (χ1) is 10.0. The molecule has 2 aromatic heterocycles. The van der Waals surface area contributed by atoms with Gasteiger partial charge < -0.3 is 0 Å². The maximum absolute atomic E-state index is 12.2. The molecule has 1 saturated heterocycles. The van der Waals surface area contributed by atoms with Gasteiger partial charge in [-0.3, -0.25) is 14.1 Å². The summed E-state index contributed by atoms with van der Waals surface area (Å²) in [5.41, 5.74) is 1.40. The number of nitrogens with zero attached hydrogens (tertiary/aromatic N) is 3. The molecule has 3 heterocycles. The number of halogens is 1. The Bertz CT molecular complexity index is 718. The van der Waals surface area contributed by atoms with E-state index in [-0.39, 0.29) is 5.56 Å². The van der Waals surface area contributed by atoms with Gasteiger partial charge in [0.25, 0.3) is 5.56 Å². The van der Waals surface area contributed by atoms with Gasteiger partial charge in [0, 0.05) is 42.4 Å². The Labute approximate surface area is 133 Å². The minimum absolute atomic E-state index is 0.0791. The lowest BCUT2D eigenvalue weighted by Gasteiger charge is -2.37. The van der Waals surface area contributed by atoms with E-state index in [1.54, 1.807) is 24.4 Å². The SMILES string of the molecule is C[C@@H]1SCCN(Cc2cc(=O)n3cc(Cl)ccc3n2)[C@H]1C. The van der Waals surface area contributed by atoms with Crippen molar-refractivity contribution >= 4 is 29.0 Å². The van der Waals surface area contributed by atoms with Crippen molar-refractivity contribution in [2.75, 3.05) is 12.3 Å². The minimum Gasteiger partial charge on any atom is -0.293 e. The van der Waals surface area contributed by atoms with E-state index >= 15 is 0 Å². The first kappa shape index (κ1) is 14.9. The fraction of sp³-hybridized carbons (Fsp3) is 0.467. The summed E-state index contributed by atoms with van der Waals surface area (Å²) in [5.74, 6) is 1.13. The predicted octanol–water partition coefficient (Wildman–Crippen LogP) is 2.67. The van der Waals surface area contributed by atoms with Crippen LogP contribution in [0, 0.1) is 0 Å². The fourth-order valence-electron chi connectivity index (χ4n) is 2.63. The summed E-state index contributed by atoms with van der Waals surface area (Å²) in [6, 6.07) is 5.65. The molecule has 0 aliphatic carbocycles. The van der Waals surface area contributed by atoms with Gasteiger partial charge in [-0.15, -0.1) is 0 Å². The molecule has 1 fully saturated rings. The van der Waals surface area contributed by atoms with Crippen LogP contribution in [0.5, 0.6) is 0 Å². The standard InChI is InChI=1S/C15H18ClN3OS/c1-10-11(2)21-6-5-18(10)9-13-7-15(20)19-8-12(16)3-4-14(19)17-13/h3-4,7-8,10-11H,5-6,9H2,1-2H3/t10-,11-/m0/s1. The Kier molecular flexibility index (Phi) is 4.24. The molecule has 112 valence electrons. The van der Waals surface area contributed by atoms with Crippen LogP contribution in [0.25, 0.3) is 5.65 Å². The van der Waals surface area contributed by atoms with Crippen molar-refractivity contribution in [3.05, 3.63) is 45.5 Å². The third kappa shape index (κ3) is 3.10. The van der Waals surface area contributed by atoms with Crippen LogP contribution >= 0.6 is 23.4 Å². The van der Waals surface area contributed by atoms with Crippen molar-refractivity contribution in [2.45, 2.75) is 31.7 Å². The Morgan fingerprint density at radius 2 is 2.24 bits per heavy atom. The molecule has 0 radical (unpaired) electrons. The number of fused-ring (bicyclic) bond motifs is 1. The van der Waals surface area contributed by atoms with Gasteiger partial charge >= 0.3 is 0 Å². The zero-order valence-electron chi connectivity index (χ0n) is 12.1. The maximum atomic E-state index is 12.2. The number of hydrogen-bond acceptors (Lipinski definition) is 4. The van der Waals surface area contributed by atoms with Crippen molar-refractivity contribution < 1.29 is 0 Å². The highest BCUT2D eigenvalue weighted by atomic mass is 35.5. The molecule has 21 heavy (non-hydrogen) atoms. The van der Waals surface area contributed by atoms with Gasteiger partial charge in [0.05, 0.1) is 10.7 Å². The molecule has 0 amide bonds. The number of rotatable bonds is 2. The number of thioether (sulfide) groups is 1. The van der Waals surface area contributed by atoms with Gasteiger partial charge in [0.2, 0.25) is 0 Å². The lowest BCUT2D eigenvalue weighted by Crippen LogP contribution is -2.44. The summed E-state index contributed by atoms with van der Waals surface area (Å²) < 4.78 is 1.49. The molecule has 1 aliphatic rings. The third-order valence-corrected chi connectivity index (χ3v) is 5.62. The molecule has 0 unspecified atom stereocenters. The first-order valence-electron chi connectivity index (χ1n) is 7.08. The summed E-state index contributed by atoms with van der Waals surface area (Å²) in [4.78, 5) is 19.2. The molecular weight excluding hydrogens is 306 g/mol. The van der Waals surface area contributed by atoms with Crippen molar-refractivity contribution in [3.8, 4) is 0 Å². The second kappa shape index (κ2) is 5.99. The monoisotopic (exact) mass is 323 g/mol. The van der Waals surface area contributed by atoms with E-state index in [1.807, 2.05) is 11.8 Å². The van der Waals surface area contributed by atoms with Crippen LogP contribution in [0.15, 0.2) is 29.2 Å². The number of hydrogen-bond donors (Lipinski definition) is 0. The lowest BCUT2D eigenvalue weighted by molar-refractivity contribution is 0.202. The normalized spacial score (nSPS) is 23.6. The lowest BCUT2D eigenvalue weighted by atomic mass is 10.2. The molecule has 2 atom stereocenters. The zero-order valence-corrected chi connectivity index (χ0v) is 13.7. The molecule has 2 aromatic rings. The number of pyridine rings is 1. The van der Waals surface area contributed by atoms with Crippen LogP contribution in [0.1, 0.15) is 19.5 Å². The summed E-state index contributed by atoms with van der Waals surface area (Å²) in [6.45, 7) is 6.26. The van der Waals surface area contributed by atoms with Crippen molar-refractivity contribution in [3.63, 3.8) is 0 Å². The summed E-state index contributed by atoms with van der Waals surface area (Å²) in [5, 5.41) is 1.15. The van der Waals surface area contributed by atoms with Gasteiger partial charge in [0.1, 0.15) is 5.65 Å². The average molecular weight is 324 g/mol. The fourth-order valence-corrected chi connectivity index (χ4v) is 3.96. The molecule has 0 bridgehead atoms. The molecular formula is C15H18ClN3OS. The second-order valence-corrected chi connectivity index (χ2v) is 7.37. The van der Waals surface area contributed by atoms with Crippen LogP contribution < -0.4 is 5.56 Å². The van der Waals surface area contributed by atoms with Crippen LogP contribution in [-0.4, -0.2) is 37.9 Å². The quantitative estimate of drug-likeness (QED) is 0.851. The molecule has 0 saturated carbocycles. The van der Waals surface area contributed by atoms with E-state index in [9.17, 15) is 4.79 Å². The topological polar surface area (TPSA) is 37.6 Å². The highest BCUT2D eigenvalue weighted by Gasteiger charge is 2.25. The molecule has 0 aromatic carbocycles. The van der Waals surface area contributed by atoms with Crippen molar-refractivity contribution in [1.29, 1.82) is 0 Å². The average Bonchev–Trinajstić information content (AvgIpc) is 2.45. The first-order valence-corrected chi connectivity index (χ1v) is 8.51. The zero-order chi connectivity index (χ0) is 15.0. The van der Waals surface area contributed by atoms with Gasteiger partial charge in [-0.1, -0.05) is 18.5 Å². The van der Waals surface area contributed by atoms with E-state index in [4.69, 9.17) is 11.6 Å². The van der Waals surface area contributed by atoms with Gasteiger partial charge in [-0.25, -0.2) is 4.98 Å². The third-order valence-electron chi connectivity index (χ3n) is 4.06. The van der Waals surface area contributed by atoms with Crippen LogP contribution in [-0.2, 0) is 6.54 Å². The van der Waals surface area contributed by atoms with Crippen LogP contribution in [0.2, 0.25) is 5.02 Å². The summed E-state index contributed by atoms with van der Waals surface area (Å²) in [6.07, 6.45) is 1.61. The van der Waals surface area contributed by atoms with E-state index in [0.717, 1.165) is 24.5 Å². The van der Waals surface area contributed by atoms with E-state index in [1.165, 1.54) is 4.40 Å². The van der Waals surface area contributed by atoms with Gasteiger partial charge in [0.15, 0.2) is 0 Å². The molecule has 0 spiro atoms. The van der Waals surface area contributed by atoms with E-state index in [0.29, 0.717) is 22.0 Å². The van der Waals surface area contributed by atoms with E-state index < -0.39 is 0 Å². The molecule has 1 aliphatic heterocycles. The Morgan fingerprint density at radius 1 is 1.43 bits per heavy atom. The summed E-state index contributed by atoms with van der Waals surface area (Å²) in [7, 11) is 0. The maximum Gasteiger partial charge on any atom is 0.258 e. The van der Waals surface area contributed by atoms with Crippen LogP contribution in [0.4, 0.5) is 0 Å². The molecule has 3 rings (SSSR count). The molecule has 6 heteroatoms. The van der Waals surface area contributed by atoms with Crippen LogP contribution in [0.3, 0.4) is 0 Å². The minimum atomic E-state index is -0.0791. The Balaban J connectivity index is 1.91. The largest absolute Gasteiger partial charge is 0.293 e. The highest BCUT2D eigenvalue weighted by molar-refractivity contribution is 8.00. The van der Waals surface area contributed by atoms with Gasteiger partial charge in [-0.05, 0) is 19.1 Å². The van der Waals surface area contributed by atoms with E-state index in [2.05, 4.69) is 23.7 Å². The smallest absolute Gasteiger partial charge is 0.258 e.